The molecule has 0 bridgehead atoms. The van der Waals surface area contributed by atoms with Crippen molar-refractivity contribution < 1.29 is 0 Å². The van der Waals surface area contributed by atoms with E-state index in [2.05, 4.69) is 22.2 Å². The summed E-state index contributed by atoms with van der Waals surface area (Å²) < 4.78 is 0. The van der Waals surface area contributed by atoms with Crippen molar-refractivity contribution in [3.63, 3.8) is 0 Å². The monoisotopic (exact) mass is 248 g/mol. The lowest BCUT2D eigenvalue weighted by Gasteiger charge is -2.22. The van der Waals surface area contributed by atoms with Gasteiger partial charge in [0, 0.05) is 11.6 Å². The fourth-order valence-electron chi connectivity index (χ4n) is 2.69. The Kier molecular flexibility index (Phi) is 4.79. The number of hydrogen-bond donors (Lipinski definition) is 2. The van der Waals surface area contributed by atoms with Crippen LogP contribution in [0.1, 0.15) is 57.4 Å². The Morgan fingerprint density at radius 3 is 2.50 bits per heavy atom. The van der Waals surface area contributed by atoms with E-state index >= 15 is 0 Å². The number of nitrogen functional groups attached to an aromatic ring is 1. The first-order chi connectivity index (χ1) is 8.81. The maximum absolute atomic E-state index is 5.90. The SMILES string of the molecule is CCc1c(N)ncnc1NC1CCCCCCC1. The summed E-state index contributed by atoms with van der Waals surface area (Å²) in [4.78, 5) is 8.42. The van der Waals surface area contributed by atoms with Gasteiger partial charge in [-0.1, -0.05) is 39.0 Å². The molecule has 0 aromatic carbocycles. The molecular weight excluding hydrogens is 224 g/mol. The van der Waals surface area contributed by atoms with E-state index in [1.165, 1.54) is 44.9 Å². The lowest BCUT2D eigenvalue weighted by molar-refractivity contribution is 0.470. The first-order valence-electron chi connectivity index (χ1n) is 7.17. The van der Waals surface area contributed by atoms with Crippen LogP contribution in [0.25, 0.3) is 0 Å². The van der Waals surface area contributed by atoms with E-state index in [4.69, 9.17) is 5.73 Å². The van der Waals surface area contributed by atoms with Crippen molar-refractivity contribution in [2.24, 2.45) is 0 Å². The summed E-state index contributed by atoms with van der Waals surface area (Å²) in [6, 6.07) is 0.546. The molecular formula is C14H24N4. The van der Waals surface area contributed by atoms with Gasteiger partial charge in [0.05, 0.1) is 0 Å². The summed E-state index contributed by atoms with van der Waals surface area (Å²) in [7, 11) is 0. The Labute approximate surface area is 109 Å². The molecule has 100 valence electrons. The van der Waals surface area contributed by atoms with Crippen LogP contribution in [0.4, 0.5) is 11.6 Å². The lowest BCUT2D eigenvalue weighted by Crippen LogP contribution is -2.22. The molecule has 0 spiro atoms. The zero-order valence-electron chi connectivity index (χ0n) is 11.3. The second kappa shape index (κ2) is 6.57. The van der Waals surface area contributed by atoms with Crippen LogP contribution in [0.3, 0.4) is 0 Å². The molecule has 1 aromatic rings. The number of hydrogen-bond acceptors (Lipinski definition) is 4. The maximum Gasteiger partial charge on any atom is 0.134 e. The van der Waals surface area contributed by atoms with Gasteiger partial charge in [0.25, 0.3) is 0 Å². The molecule has 0 amide bonds. The van der Waals surface area contributed by atoms with Gasteiger partial charge in [-0.2, -0.15) is 0 Å². The van der Waals surface area contributed by atoms with Gasteiger partial charge in [0.15, 0.2) is 0 Å². The minimum atomic E-state index is 0.546. The number of rotatable bonds is 3. The summed E-state index contributed by atoms with van der Waals surface area (Å²) in [6.07, 6.45) is 11.7. The standard InChI is InChI=1S/C14H24N4/c1-2-12-13(15)16-10-17-14(12)18-11-8-6-4-3-5-7-9-11/h10-11H,2-9H2,1H3,(H3,15,16,17,18). The van der Waals surface area contributed by atoms with Gasteiger partial charge in [0.1, 0.15) is 18.0 Å². The summed E-state index contributed by atoms with van der Waals surface area (Å²) in [5.41, 5.74) is 6.96. The maximum atomic E-state index is 5.90. The molecule has 0 unspecified atom stereocenters. The molecule has 1 saturated carbocycles. The van der Waals surface area contributed by atoms with Gasteiger partial charge in [0.2, 0.25) is 0 Å². The van der Waals surface area contributed by atoms with E-state index in [0.29, 0.717) is 11.9 Å². The Morgan fingerprint density at radius 2 is 1.83 bits per heavy atom. The van der Waals surface area contributed by atoms with E-state index in [1.54, 1.807) is 6.33 Å². The van der Waals surface area contributed by atoms with E-state index in [9.17, 15) is 0 Å². The lowest BCUT2D eigenvalue weighted by atomic mass is 9.96. The van der Waals surface area contributed by atoms with Crippen LogP contribution in [0.5, 0.6) is 0 Å². The van der Waals surface area contributed by atoms with E-state index in [-0.39, 0.29) is 0 Å². The third-order valence-corrected chi connectivity index (χ3v) is 3.78. The summed E-state index contributed by atoms with van der Waals surface area (Å²) in [6.45, 7) is 2.10. The average molecular weight is 248 g/mol. The largest absolute Gasteiger partial charge is 0.383 e. The minimum Gasteiger partial charge on any atom is -0.383 e. The fourth-order valence-corrected chi connectivity index (χ4v) is 2.69. The predicted molar refractivity (Wildman–Crippen MR) is 75.6 cm³/mol. The smallest absolute Gasteiger partial charge is 0.134 e. The van der Waals surface area contributed by atoms with Crippen LogP contribution in [-0.4, -0.2) is 16.0 Å². The van der Waals surface area contributed by atoms with Crippen LogP contribution in [0, 0.1) is 0 Å². The van der Waals surface area contributed by atoms with Gasteiger partial charge in [-0.3, -0.25) is 0 Å². The summed E-state index contributed by atoms with van der Waals surface area (Å²) >= 11 is 0. The Balaban J connectivity index is 2.05. The van der Waals surface area contributed by atoms with Crippen LogP contribution < -0.4 is 11.1 Å². The highest BCUT2D eigenvalue weighted by atomic mass is 15.1. The van der Waals surface area contributed by atoms with Gasteiger partial charge >= 0.3 is 0 Å². The molecule has 4 nitrogen and oxygen atoms in total. The number of nitrogens with two attached hydrogens (primary N) is 1. The van der Waals surface area contributed by atoms with Gasteiger partial charge in [-0.25, -0.2) is 9.97 Å². The predicted octanol–water partition coefficient (Wildman–Crippen LogP) is 3.15. The first kappa shape index (κ1) is 13.1. The van der Waals surface area contributed by atoms with Crippen LogP contribution in [0.15, 0.2) is 6.33 Å². The summed E-state index contributed by atoms with van der Waals surface area (Å²) in [5, 5.41) is 3.58. The van der Waals surface area contributed by atoms with Gasteiger partial charge < -0.3 is 11.1 Å². The molecule has 18 heavy (non-hydrogen) atoms. The van der Waals surface area contributed by atoms with Crippen LogP contribution in [-0.2, 0) is 6.42 Å². The number of nitrogens with zero attached hydrogens (tertiary/aromatic N) is 2. The topological polar surface area (TPSA) is 63.8 Å². The van der Waals surface area contributed by atoms with Crippen molar-refractivity contribution in [2.45, 2.75) is 64.3 Å². The molecule has 0 aliphatic heterocycles. The van der Waals surface area contributed by atoms with E-state index in [0.717, 1.165) is 17.8 Å². The Bertz CT molecular complexity index is 370. The quantitative estimate of drug-likeness (QED) is 0.862. The average Bonchev–Trinajstić information content (AvgIpc) is 2.32. The molecule has 0 atom stereocenters. The molecule has 0 saturated heterocycles. The molecule has 4 heteroatoms. The normalized spacial score (nSPS) is 18.1. The minimum absolute atomic E-state index is 0.546. The van der Waals surface area contributed by atoms with E-state index in [1.807, 2.05) is 0 Å². The molecule has 3 N–H and O–H groups in total. The van der Waals surface area contributed by atoms with Crippen molar-refractivity contribution >= 4 is 11.6 Å². The number of aromatic nitrogens is 2. The first-order valence-corrected chi connectivity index (χ1v) is 7.17. The third kappa shape index (κ3) is 3.34. The molecule has 0 radical (unpaired) electrons. The molecule has 1 fully saturated rings. The van der Waals surface area contributed by atoms with Crippen LogP contribution >= 0.6 is 0 Å². The van der Waals surface area contributed by atoms with Crippen molar-refractivity contribution in [2.75, 3.05) is 11.1 Å². The fraction of sp³-hybridized carbons (Fsp3) is 0.714. The second-order valence-corrected chi connectivity index (χ2v) is 5.13. The molecule has 1 aliphatic carbocycles. The van der Waals surface area contributed by atoms with Crippen molar-refractivity contribution in [1.29, 1.82) is 0 Å². The number of anilines is 2. The zero-order valence-corrected chi connectivity index (χ0v) is 11.3. The van der Waals surface area contributed by atoms with Gasteiger partial charge in [-0.05, 0) is 19.3 Å². The summed E-state index contributed by atoms with van der Waals surface area (Å²) in [5.74, 6) is 1.55. The Hall–Kier alpha value is -1.32. The molecule has 1 aliphatic rings. The van der Waals surface area contributed by atoms with Crippen molar-refractivity contribution in [3.05, 3.63) is 11.9 Å². The Morgan fingerprint density at radius 1 is 1.17 bits per heavy atom. The van der Waals surface area contributed by atoms with E-state index < -0.39 is 0 Å². The van der Waals surface area contributed by atoms with Crippen LogP contribution in [0.2, 0.25) is 0 Å². The highest BCUT2D eigenvalue weighted by Gasteiger charge is 2.14. The van der Waals surface area contributed by atoms with Gasteiger partial charge in [-0.15, -0.1) is 0 Å². The molecule has 2 rings (SSSR count). The third-order valence-electron chi connectivity index (χ3n) is 3.78. The highest BCUT2D eigenvalue weighted by molar-refractivity contribution is 5.55. The second-order valence-electron chi connectivity index (χ2n) is 5.13. The zero-order chi connectivity index (χ0) is 12.8. The van der Waals surface area contributed by atoms with Crippen molar-refractivity contribution in [1.82, 2.24) is 9.97 Å². The highest BCUT2D eigenvalue weighted by Crippen LogP contribution is 2.23. The number of nitrogens with one attached hydrogen (secondary N) is 1. The van der Waals surface area contributed by atoms with Crippen molar-refractivity contribution in [3.8, 4) is 0 Å². The molecule has 1 heterocycles. The molecule has 1 aromatic heterocycles.